The Bertz CT molecular complexity index is 149. The summed E-state index contributed by atoms with van der Waals surface area (Å²) in [5.41, 5.74) is 0. The topological polar surface area (TPSA) is 0 Å². The summed E-state index contributed by atoms with van der Waals surface area (Å²) in [7, 11) is 0. The van der Waals surface area contributed by atoms with E-state index in [0.717, 1.165) is 11.8 Å². The Hall–Kier alpha value is 0.0900. The van der Waals surface area contributed by atoms with Crippen molar-refractivity contribution >= 4 is 11.8 Å². The Balaban J connectivity index is 2.10. The van der Waals surface area contributed by atoms with E-state index in [9.17, 15) is 0 Å². The molecule has 2 rings (SSSR count). The fourth-order valence-electron chi connectivity index (χ4n) is 1.74. The highest BCUT2D eigenvalue weighted by molar-refractivity contribution is 8.02. The summed E-state index contributed by atoms with van der Waals surface area (Å²) in [5, 5.41) is 0. The number of hydrogen-bond acceptors (Lipinski definition) is 1. The Labute approximate surface area is 60.7 Å². The molecule has 1 saturated carbocycles. The van der Waals surface area contributed by atoms with Gasteiger partial charge < -0.3 is 0 Å². The van der Waals surface area contributed by atoms with Crippen LogP contribution in [0, 0.1) is 11.8 Å². The second kappa shape index (κ2) is 2.05. The van der Waals surface area contributed by atoms with Crippen LogP contribution in [0.1, 0.15) is 19.3 Å². The highest BCUT2D eigenvalue weighted by Crippen LogP contribution is 2.52. The summed E-state index contributed by atoms with van der Waals surface area (Å²) < 4.78 is 0. The van der Waals surface area contributed by atoms with Gasteiger partial charge in [0.1, 0.15) is 0 Å². The van der Waals surface area contributed by atoms with E-state index >= 15 is 0 Å². The summed E-state index contributed by atoms with van der Waals surface area (Å²) in [5.74, 6) is 2.10. The normalized spacial score (nSPS) is 39.4. The molecule has 0 spiro atoms. The zero-order valence-corrected chi connectivity index (χ0v) is 6.58. The molecule has 0 heterocycles. The van der Waals surface area contributed by atoms with Gasteiger partial charge in [-0.1, -0.05) is 6.08 Å². The number of allylic oxidation sites excluding steroid dienone is 2. The first kappa shape index (κ1) is 5.84. The van der Waals surface area contributed by atoms with Crippen molar-refractivity contribution in [2.45, 2.75) is 19.3 Å². The summed E-state index contributed by atoms with van der Waals surface area (Å²) >= 11 is 1.96. The van der Waals surface area contributed by atoms with Gasteiger partial charge in [-0.2, -0.15) is 0 Å². The Morgan fingerprint density at radius 3 is 3.22 bits per heavy atom. The van der Waals surface area contributed by atoms with E-state index < -0.39 is 0 Å². The molecule has 1 fully saturated rings. The Morgan fingerprint density at radius 2 is 2.56 bits per heavy atom. The van der Waals surface area contributed by atoms with Crippen LogP contribution < -0.4 is 0 Å². The van der Waals surface area contributed by atoms with Crippen LogP contribution in [0.4, 0.5) is 0 Å². The van der Waals surface area contributed by atoms with Crippen LogP contribution >= 0.6 is 11.8 Å². The SMILES string of the molecule is CSC1=CCCC2CC12. The third-order valence-corrected chi connectivity index (χ3v) is 3.35. The van der Waals surface area contributed by atoms with E-state index in [-0.39, 0.29) is 0 Å². The average Bonchev–Trinajstić information content (AvgIpc) is 2.64. The van der Waals surface area contributed by atoms with Crippen LogP contribution in [-0.4, -0.2) is 6.26 Å². The van der Waals surface area contributed by atoms with Gasteiger partial charge in [0, 0.05) is 0 Å². The molecule has 0 amide bonds. The molecule has 2 atom stereocenters. The van der Waals surface area contributed by atoms with Crippen LogP contribution in [0.15, 0.2) is 11.0 Å². The van der Waals surface area contributed by atoms with Gasteiger partial charge in [-0.3, -0.25) is 0 Å². The van der Waals surface area contributed by atoms with E-state index in [2.05, 4.69) is 12.3 Å². The number of fused-ring (bicyclic) bond motifs is 1. The maximum Gasteiger partial charge on any atom is -0.00737 e. The van der Waals surface area contributed by atoms with Crippen LogP contribution in [0.2, 0.25) is 0 Å². The van der Waals surface area contributed by atoms with Gasteiger partial charge >= 0.3 is 0 Å². The maximum atomic E-state index is 2.43. The first-order chi connectivity index (χ1) is 4.42. The van der Waals surface area contributed by atoms with Gasteiger partial charge in [-0.15, -0.1) is 11.8 Å². The average molecular weight is 140 g/mol. The van der Waals surface area contributed by atoms with Crippen LogP contribution in [0.25, 0.3) is 0 Å². The first-order valence-corrected chi connectivity index (χ1v) is 4.88. The molecule has 0 aromatic carbocycles. The predicted octanol–water partition coefficient (Wildman–Crippen LogP) is 2.66. The lowest BCUT2D eigenvalue weighted by atomic mass is 10.1. The smallest absolute Gasteiger partial charge is 0.00737 e. The lowest BCUT2D eigenvalue weighted by Gasteiger charge is -2.07. The Kier molecular flexibility index (Phi) is 1.33. The van der Waals surface area contributed by atoms with Gasteiger partial charge in [0.15, 0.2) is 0 Å². The van der Waals surface area contributed by atoms with E-state index in [1.54, 1.807) is 4.91 Å². The summed E-state index contributed by atoms with van der Waals surface area (Å²) in [6.07, 6.45) is 8.93. The summed E-state index contributed by atoms with van der Waals surface area (Å²) in [6.45, 7) is 0. The monoisotopic (exact) mass is 140 g/mol. The van der Waals surface area contributed by atoms with Gasteiger partial charge in [-0.05, 0) is 42.3 Å². The standard InChI is InChI=1S/C8H12S/c1-9-8-4-2-3-6-5-7(6)8/h4,6-7H,2-3,5H2,1H3. The molecule has 50 valence electrons. The van der Waals surface area contributed by atoms with E-state index in [1.807, 2.05) is 11.8 Å². The molecule has 2 aliphatic rings. The molecule has 0 aromatic heterocycles. The molecule has 2 unspecified atom stereocenters. The molecule has 0 radical (unpaired) electrons. The molecular formula is C8H12S. The van der Waals surface area contributed by atoms with Crippen molar-refractivity contribution in [2.24, 2.45) is 11.8 Å². The molecule has 0 aliphatic heterocycles. The fourth-order valence-corrected chi connectivity index (χ4v) is 2.62. The molecule has 0 nitrogen and oxygen atoms in total. The molecule has 0 saturated heterocycles. The molecule has 0 N–H and O–H groups in total. The summed E-state index contributed by atoms with van der Waals surface area (Å²) in [6, 6.07) is 0. The maximum absolute atomic E-state index is 2.43. The van der Waals surface area contributed by atoms with Crippen molar-refractivity contribution in [2.75, 3.05) is 6.26 Å². The lowest BCUT2D eigenvalue weighted by molar-refractivity contribution is 0.677. The lowest BCUT2D eigenvalue weighted by Crippen LogP contribution is -1.91. The summed E-state index contributed by atoms with van der Waals surface area (Å²) in [4.78, 5) is 1.67. The van der Waals surface area contributed by atoms with Crippen LogP contribution in [0.5, 0.6) is 0 Å². The highest BCUT2D eigenvalue weighted by atomic mass is 32.2. The van der Waals surface area contributed by atoms with E-state index in [4.69, 9.17) is 0 Å². The van der Waals surface area contributed by atoms with Crippen molar-refractivity contribution in [1.82, 2.24) is 0 Å². The zero-order chi connectivity index (χ0) is 6.27. The van der Waals surface area contributed by atoms with Crippen molar-refractivity contribution in [3.8, 4) is 0 Å². The predicted molar refractivity (Wildman–Crippen MR) is 42.4 cm³/mol. The molecular weight excluding hydrogens is 128 g/mol. The fraction of sp³-hybridized carbons (Fsp3) is 0.750. The van der Waals surface area contributed by atoms with Gasteiger partial charge in [0.05, 0.1) is 0 Å². The Morgan fingerprint density at radius 1 is 1.67 bits per heavy atom. The number of hydrogen-bond donors (Lipinski definition) is 0. The van der Waals surface area contributed by atoms with Gasteiger partial charge in [-0.25, -0.2) is 0 Å². The quantitative estimate of drug-likeness (QED) is 0.539. The molecule has 2 aliphatic carbocycles. The van der Waals surface area contributed by atoms with Crippen LogP contribution in [0.3, 0.4) is 0 Å². The largest absolute Gasteiger partial charge is 0.134 e. The van der Waals surface area contributed by atoms with Crippen molar-refractivity contribution < 1.29 is 0 Å². The highest BCUT2D eigenvalue weighted by Gasteiger charge is 2.40. The van der Waals surface area contributed by atoms with Crippen LogP contribution in [-0.2, 0) is 0 Å². The first-order valence-electron chi connectivity index (χ1n) is 3.66. The number of thioether (sulfide) groups is 1. The minimum atomic E-state index is 1.01. The van der Waals surface area contributed by atoms with Crippen molar-refractivity contribution in [3.05, 3.63) is 11.0 Å². The van der Waals surface area contributed by atoms with Gasteiger partial charge in [0.25, 0.3) is 0 Å². The van der Waals surface area contributed by atoms with E-state index in [0.29, 0.717) is 0 Å². The third-order valence-electron chi connectivity index (χ3n) is 2.41. The molecule has 0 bridgehead atoms. The molecule has 0 aromatic rings. The molecule has 1 heteroatoms. The van der Waals surface area contributed by atoms with Gasteiger partial charge in [0.2, 0.25) is 0 Å². The third kappa shape index (κ3) is 0.917. The minimum Gasteiger partial charge on any atom is -0.134 e. The second-order valence-corrected chi connectivity index (χ2v) is 3.87. The van der Waals surface area contributed by atoms with Crippen molar-refractivity contribution in [1.29, 1.82) is 0 Å². The van der Waals surface area contributed by atoms with E-state index in [1.165, 1.54) is 19.3 Å². The van der Waals surface area contributed by atoms with Crippen molar-refractivity contribution in [3.63, 3.8) is 0 Å². The molecule has 9 heavy (non-hydrogen) atoms. The number of rotatable bonds is 1. The zero-order valence-electron chi connectivity index (χ0n) is 5.76. The minimum absolute atomic E-state index is 1.01. The second-order valence-electron chi connectivity index (χ2n) is 2.99.